The van der Waals surface area contributed by atoms with Crippen molar-refractivity contribution in [2.24, 2.45) is 5.92 Å². The van der Waals surface area contributed by atoms with Gasteiger partial charge in [-0.3, -0.25) is 4.90 Å². The van der Waals surface area contributed by atoms with E-state index in [0.717, 1.165) is 13.1 Å². The number of rotatable bonds is 3. The molecule has 2 rings (SSSR count). The molecule has 0 amide bonds. The fraction of sp³-hybridized carbons (Fsp3) is 0.455. The van der Waals surface area contributed by atoms with Crippen LogP contribution in [-0.2, 0) is 6.54 Å². The highest BCUT2D eigenvalue weighted by atomic mass is 35.5. The second kappa shape index (κ2) is 4.69. The van der Waals surface area contributed by atoms with Crippen LogP contribution in [0.3, 0.4) is 0 Å². The topological polar surface area (TPSA) is 3.24 Å². The molecule has 15 heavy (non-hydrogen) atoms. The summed E-state index contributed by atoms with van der Waals surface area (Å²) >= 11 is 11.6. The molecule has 1 aromatic rings. The van der Waals surface area contributed by atoms with Gasteiger partial charge in [0.25, 0.3) is 0 Å². The summed E-state index contributed by atoms with van der Waals surface area (Å²) in [6.45, 7) is 2.46. The quantitative estimate of drug-likeness (QED) is 0.743. The van der Waals surface area contributed by atoms with E-state index in [4.69, 9.17) is 23.2 Å². The van der Waals surface area contributed by atoms with Crippen LogP contribution < -0.4 is 0 Å². The molecule has 1 aromatic carbocycles. The lowest BCUT2D eigenvalue weighted by Crippen LogP contribution is -2.46. The Morgan fingerprint density at radius 2 is 2.13 bits per heavy atom. The summed E-state index contributed by atoms with van der Waals surface area (Å²) in [5.74, 6) is 1.01. The van der Waals surface area contributed by atoms with Gasteiger partial charge in [-0.1, -0.05) is 17.7 Å². The molecule has 1 aliphatic heterocycles. The highest BCUT2D eigenvalue weighted by Crippen LogP contribution is 2.25. The molecule has 1 saturated heterocycles. The predicted molar refractivity (Wildman–Crippen MR) is 60.9 cm³/mol. The second-order valence-electron chi connectivity index (χ2n) is 3.91. The van der Waals surface area contributed by atoms with E-state index in [-0.39, 0.29) is 5.82 Å². The average Bonchev–Trinajstić information content (AvgIpc) is 2.14. The summed E-state index contributed by atoms with van der Waals surface area (Å²) < 4.78 is 13.4. The van der Waals surface area contributed by atoms with Gasteiger partial charge in [0.1, 0.15) is 5.82 Å². The Morgan fingerprint density at radius 3 is 2.73 bits per heavy atom. The standard InChI is InChI=1S/C11H12Cl2FN/c12-4-8-5-15(6-8)7-9-10(13)2-1-3-11(9)14/h1-3,8H,4-7H2. The molecule has 0 spiro atoms. The third-order valence-corrected chi connectivity index (χ3v) is 3.48. The highest BCUT2D eigenvalue weighted by Gasteiger charge is 2.26. The van der Waals surface area contributed by atoms with E-state index < -0.39 is 0 Å². The second-order valence-corrected chi connectivity index (χ2v) is 4.63. The lowest BCUT2D eigenvalue weighted by atomic mass is 10.0. The van der Waals surface area contributed by atoms with Gasteiger partial charge >= 0.3 is 0 Å². The Bertz CT molecular complexity index is 330. The normalized spacial score (nSPS) is 17.8. The predicted octanol–water partition coefficient (Wildman–Crippen LogP) is 3.15. The van der Waals surface area contributed by atoms with E-state index in [9.17, 15) is 4.39 Å². The molecule has 0 aliphatic carbocycles. The van der Waals surface area contributed by atoms with Crippen LogP contribution in [0.5, 0.6) is 0 Å². The van der Waals surface area contributed by atoms with Crippen molar-refractivity contribution in [2.75, 3.05) is 19.0 Å². The van der Waals surface area contributed by atoms with E-state index in [1.54, 1.807) is 12.1 Å². The number of hydrogen-bond donors (Lipinski definition) is 0. The Hall–Kier alpha value is -0.310. The molecule has 1 heterocycles. The van der Waals surface area contributed by atoms with Crippen molar-refractivity contribution in [3.05, 3.63) is 34.6 Å². The van der Waals surface area contributed by atoms with Crippen LogP contribution in [0, 0.1) is 11.7 Å². The maximum Gasteiger partial charge on any atom is 0.129 e. The zero-order valence-corrected chi connectivity index (χ0v) is 9.73. The summed E-state index contributed by atoms with van der Waals surface area (Å²) in [5, 5.41) is 0.504. The van der Waals surface area contributed by atoms with Crippen molar-refractivity contribution >= 4 is 23.2 Å². The molecule has 4 heteroatoms. The molecular weight excluding hydrogens is 236 g/mol. The molecule has 0 radical (unpaired) electrons. The molecule has 1 aliphatic rings. The van der Waals surface area contributed by atoms with Gasteiger partial charge in [0.05, 0.1) is 0 Å². The first-order valence-electron chi connectivity index (χ1n) is 4.92. The van der Waals surface area contributed by atoms with Crippen molar-refractivity contribution < 1.29 is 4.39 Å². The summed E-state index contributed by atoms with van der Waals surface area (Å²) in [5.41, 5.74) is 0.590. The molecule has 1 nitrogen and oxygen atoms in total. The van der Waals surface area contributed by atoms with E-state index >= 15 is 0 Å². The monoisotopic (exact) mass is 247 g/mol. The third-order valence-electron chi connectivity index (χ3n) is 2.69. The number of nitrogens with zero attached hydrogens (tertiary/aromatic N) is 1. The summed E-state index contributed by atoms with van der Waals surface area (Å²) in [7, 11) is 0. The SMILES string of the molecule is Fc1cccc(Cl)c1CN1CC(CCl)C1. The van der Waals surface area contributed by atoms with Gasteiger partial charge < -0.3 is 0 Å². The first-order chi connectivity index (χ1) is 7.20. The van der Waals surface area contributed by atoms with Crippen LogP contribution in [0.15, 0.2) is 18.2 Å². The maximum absolute atomic E-state index is 13.4. The van der Waals surface area contributed by atoms with Crippen LogP contribution >= 0.6 is 23.2 Å². The van der Waals surface area contributed by atoms with Gasteiger partial charge in [-0.25, -0.2) is 4.39 Å². The van der Waals surface area contributed by atoms with Gasteiger partial charge in [-0.2, -0.15) is 0 Å². The van der Waals surface area contributed by atoms with Crippen molar-refractivity contribution in [1.29, 1.82) is 0 Å². The number of hydrogen-bond acceptors (Lipinski definition) is 1. The molecule has 0 bridgehead atoms. The lowest BCUT2D eigenvalue weighted by molar-refractivity contribution is 0.105. The zero-order valence-electron chi connectivity index (χ0n) is 8.22. The molecule has 0 atom stereocenters. The van der Waals surface area contributed by atoms with E-state index in [1.807, 2.05) is 0 Å². The Balaban J connectivity index is 2.00. The summed E-state index contributed by atoms with van der Waals surface area (Å²) in [6, 6.07) is 4.79. The van der Waals surface area contributed by atoms with Crippen LogP contribution in [0.25, 0.3) is 0 Å². The van der Waals surface area contributed by atoms with Crippen molar-refractivity contribution in [1.82, 2.24) is 4.90 Å². The molecule has 0 N–H and O–H groups in total. The molecule has 0 saturated carbocycles. The molecular formula is C11H12Cl2FN. The number of alkyl halides is 1. The van der Waals surface area contributed by atoms with Crippen molar-refractivity contribution in [3.8, 4) is 0 Å². The van der Waals surface area contributed by atoms with E-state index in [0.29, 0.717) is 28.9 Å². The van der Waals surface area contributed by atoms with Gasteiger partial charge in [0, 0.05) is 36.1 Å². The van der Waals surface area contributed by atoms with Crippen LogP contribution in [0.2, 0.25) is 5.02 Å². The van der Waals surface area contributed by atoms with Crippen LogP contribution in [-0.4, -0.2) is 23.9 Å². The minimum atomic E-state index is -0.225. The average molecular weight is 248 g/mol. The zero-order chi connectivity index (χ0) is 10.8. The number of halogens is 3. The lowest BCUT2D eigenvalue weighted by Gasteiger charge is -2.38. The largest absolute Gasteiger partial charge is 0.298 e. The van der Waals surface area contributed by atoms with E-state index in [2.05, 4.69) is 4.90 Å². The number of likely N-dealkylation sites (tertiary alicyclic amines) is 1. The van der Waals surface area contributed by atoms with Gasteiger partial charge in [0.2, 0.25) is 0 Å². The van der Waals surface area contributed by atoms with Crippen molar-refractivity contribution in [2.45, 2.75) is 6.54 Å². The first kappa shape index (κ1) is 11.2. The minimum Gasteiger partial charge on any atom is -0.298 e. The van der Waals surface area contributed by atoms with E-state index in [1.165, 1.54) is 6.07 Å². The smallest absolute Gasteiger partial charge is 0.129 e. The molecule has 1 fully saturated rings. The fourth-order valence-electron chi connectivity index (χ4n) is 1.81. The summed E-state index contributed by atoms with van der Waals surface area (Å²) in [4.78, 5) is 2.15. The minimum absolute atomic E-state index is 0.225. The van der Waals surface area contributed by atoms with Gasteiger partial charge in [-0.15, -0.1) is 11.6 Å². The highest BCUT2D eigenvalue weighted by molar-refractivity contribution is 6.31. The Labute approximate surface area is 98.8 Å². The number of benzene rings is 1. The van der Waals surface area contributed by atoms with Gasteiger partial charge in [0.15, 0.2) is 0 Å². The first-order valence-corrected chi connectivity index (χ1v) is 5.83. The molecule has 0 unspecified atom stereocenters. The molecule has 82 valence electrons. The van der Waals surface area contributed by atoms with Crippen molar-refractivity contribution in [3.63, 3.8) is 0 Å². The van der Waals surface area contributed by atoms with Crippen LogP contribution in [0.1, 0.15) is 5.56 Å². The van der Waals surface area contributed by atoms with Gasteiger partial charge in [-0.05, 0) is 18.1 Å². The Kier molecular flexibility index (Phi) is 3.49. The third kappa shape index (κ3) is 2.44. The fourth-order valence-corrected chi connectivity index (χ4v) is 2.23. The summed E-state index contributed by atoms with van der Waals surface area (Å²) in [6.07, 6.45) is 0. The molecule has 0 aromatic heterocycles. The maximum atomic E-state index is 13.4. The van der Waals surface area contributed by atoms with Crippen LogP contribution in [0.4, 0.5) is 4.39 Å². The Morgan fingerprint density at radius 1 is 1.40 bits per heavy atom.